The topological polar surface area (TPSA) is 213 Å². The number of fused-ring (bicyclic) bond motifs is 1. The summed E-state index contributed by atoms with van der Waals surface area (Å²) in [5, 5.41) is 27.7. The third-order valence-electron chi connectivity index (χ3n) is 6.74. The van der Waals surface area contributed by atoms with Crippen molar-refractivity contribution < 1.29 is 29.4 Å². The van der Waals surface area contributed by atoms with Crippen molar-refractivity contribution in [3.63, 3.8) is 0 Å². The number of nitrogens with one attached hydrogen (secondary N) is 4. The van der Waals surface area contributed by atoms with E-state index in [1.165, 1.54) is 0 Å². The van der Waals surface area contributed by atoms with Crippen molar-refractivity contribution in [2.45, 2.75) is 56.3 Å². The predicted octanol–water partition coefficient (Wildman–Crippen LogP) is -0.0593. The zero-order chi connectivity index (χ0) is 29.8. The number of amides is 3. The van der Waals surface area contributed by atoms with Crippen LogP contribution in [0.4, 0.5) is 0 Å². The molecule has 0 aliphatic heterocycles. The number of carbonyl (C=O) groups is 4. The van der Waals surface area contributed by atoms with Crippen LogP contribution in [0.1, 0.15) is 30.4 Å². The molecule has 0 aliphatic carbocycles. The number of carboxylic acid groups (broad SMARTS) is 1. The Morgan fingerprint density at radius 1 is 0.805 bits per heavy atom. The lowest BCUT2D eigenvalue weighted by Gasteiger charge is -2.25. The Labute approximate surface area is 237 Å². The van der Waals surface area contributed by atoms with E-state index in [0.29, 0.717) is 19.4 Å². The van der Waals surface area contributed by atoms with Crippen LogP contribution in [0.2, 0.25) is 0 Å². The highest BCUT2D eigenvalue weighted by atomic mass is 16.4. The van der Waals surface area contributed by atoms with Gasteiger partial charge in [0.2, 0.25) is 17.7 Å². The van der Waals surface area contributed by atoms with Gasteiger partial charge in [0.25, 0.3) is 0 Å². The van der Waals surface area contributed by atoms with E-state index in [1.54, 1.807) is 36.5 Å². The third-order valence-corrected chi connectivity index (χ3v) is 6.74. The van der Waals surface area contributed by atoms with Crippen molar-refractivity contribution in [1.82, 2.24) is 20.9 Å². The molecule has 0 spiro atoms. The van der Waals surface area contributed by atoms with E-state index >= 15 is 0 Å². The van der Waals surface area contributed by atoms with Crippen LogP contribution in [0.3, 0.4) is 0 Å². The second kappa shape index (κ2) is 15.5. The van der Waals surface area contributed by atoms with Gasteiger partial charge in [-0.15, -0.1) is 0 Å². The predicted molar refractivity (Wildman–Crippen MR) is 154 cm³/mol. The number of rotatable bonds is 16. The number of hydrogen-bond acceptors (Lipinski definition) is 7. The summed E-state index contributed by atoms with van der Waals surface area (Å²) in [4.78, 5) is 54.5. The van der Waals surface area contributed by atoms with E-state index < -0.39 is 54.5 Å². The van der Waals surface area contributed by atoms with Crippen molar-refractivity contribution in [2.75, 3.05) is 13.2 Å². The van der Waals surface area contributed by atoms with Gasteiger partial charge in [-0.2, -0.15) is 0 Å². The third kappa shape index (κ3) is 9.13. The molecular weight excluding hydrogens is 528 g/mol. The standard InChI is InChI=1S/C29H38N6O6/c30-13-7-6-12-23(27(38)35-25(29(40)41)14-18-8-2-1-3-9-18)33-28(39)24(34-26(37)21(31)17-36)15-19-16-32-22-11-5-4-10-20(19)22/h1-5,8-11,16,21,23-25,32,36H,6-7,12-15,17,30-31H2,(H,33,39)(H,34,37)(H,35,38)(H,40,41). The Morgan fingerprint density at radius 2 is 1.44 bits per heavy atom. The number of aliphatic hydroxyl groups is 1. The first-order valence-electron chi connectivity index (χ1n) is 13.5. The molecule has 0 aliphatic rings. The van der Waals surface area contributed by atoms with Crippen molar-refractivity contribution in [1.29, 1.82) is 0 Å². The monoisotopic (exact) mass is 566 g/mol. The maximum absolute atomic E-state index is 13.5. The first-order valence-corrected chi connectivity index (χ1v) is 13.5. The molecule has 4 atom stereocenters. The number of para-hydroxylation sites is 1. The lowest BCUT2D eigenvalue weighted by molar-refractivity contribution is -0.142. The zero-order valence-corrected chi connectivity index (χ0v) is 22.7. The van der Waals surface area contributed by atoms with Gasteiger partial charge in [0.15, 0.2) is 0 Å². The molecule has 0 saturated heterocycles. The minimum Gasteiger partial charge on any atom is -0.480 e. The van der Waals surface area contributed by atoms with Crippen LogP contribution in [0, 0.1) is 0 Å². The number of unbranched alkanes of at least 4 members (excludes halogenated alkanes) is 1. The van der Waals surface area contributed by atoms with E-state index in [4.69, 9.17) is 11.5 Å². The fourth-order valence-corrected chi connectivity index (χ4v) is 4.45. The van der Waals surface area contributed by atoms with Crippen LogP contribution >= 0.6 is 0 Å². The lowest BCUT2D eigenvalue weighted by Crippen LogP contribution is -2.58. The summed E-state index contributed by atoms with van der Waals surface area (Å²) in [5.74, 6) is -3.26. The molecule has 0 saturated carbocycles. The van der Waals surface area contributed by atoms with Gasteiger partial charge in [-0.3, -0.25) is 14.4 Å². The number of aliphatic hydroxyl groups excluding tert-OH is 1. The molecule has 4 unspecified atom stereocenters. The molecule has 3 aromatic rings. The van der Waals surface area contributed by atoms with Gasteiger partial charge in [0, 0.05) is 29.9 Å². The van der Waals surface area contributed by atoms with Crippen LogP contribution < -0.4 is 27.4 Å². The van der Waals surface area contributed by atoms with Crippen molar-refractivity contribution >= 4 is 34.6 Å². The van der Waals surface area contributed by atoms with Crippen molar-refractivity contribution in [2.24, 2.45) is 11.5 Å². The number of aromatic nitrogens is 1. The van der Waals surface area contributed by atoms with Gasteiger partial charge in [0.1, 0.15) is 24.2 Å². The first-order chi connectivity index (χ1) is 19.7. The van der Waals surface area contributed by atoms with Crippen molar-refractivity contribution in [3.05, 3.63) is 71.9 Å². The van der Waals surface area contributed by atoms with Gasteiger partial charge >= 0.3 is 5.97 Å². The van der Waals surface area contributed by atoms with E-state index in [1.807, 2.05) is 24.3 Å². The van der Waals surface area contributed by atoms with Crippen molar-refractivity contribution in [3.8, 4) is 0 Å². The molecule has 12 heteroatoms. The van der Waals surface area contributed by atoms with Gasteiger partial charge < -0.3 is 42.6 Å². The summed E-state index contributed by atoms with van der Waals surface area (Å²) in [6, 6.07) is 11.7. The molecule has 3 amide bonds. The zero-order valence-electron chi connectivity index (χ0n) is 22.7. The highest BCUT2D eigenvalue weighted by Crippen LogP contribution is 2.19. The number of aromatic amines is 1. The molecule has 220 valence electrons. The van der Waals surface area contributed by atoms with Gasteiger partial charge in [0.05, 0.1) is 6.61 Å². The molecule has 3 rings (SSSR count). The van der Waals surface area contributed by atoms with Crippen LogP contribution in [-0.2, 0) is 32.0 Å². The summed E-state index contributed by atoms with van der Waals surface area (Å²) >= 11 is 0. The number of carbonyl (C=O) groups excluding carboxylic acids is 3. The second-order valence-electron chi connectivity index (χ2n) is 9.85. The van der Waals surface area contributed by atoms with E-state index in [-0.39, 0.29) is 19.3 Å². The summed E-state index contributed by atoms with van der Waals surface area (Å²) in [6.45, 7) is -0.234. The first kappa shape index (κ1) is 31.3. The second-order valence-corrected chi connectivity index (χ2v) is 9.85. The molecule has 12 nitrogen and oxygen atoms in total. The molecule has 10 N–H and O–H groups in total. The van der Waals surface area contributed by atoms with Gasteiger partial charge in [-0.25, -0.2) is 4.79 Å². The quantitative estimate of drug-likeness (QED) is 0.110. The fraction of sp³-hybridized carbons (Fsp3) is 0.379. The molecule has 41 heavy (non-hydrogen) atoms. The number of aliphatic carboxylic acids is 1. The molecule has 2 aromatic carbocycles. The molecule has 1 aromatic heterocycles. The average molecular weight is 567 g/mol. The minimum atomic E-state index is -1.24. The molecular formula is C29H38N6O6. The maximum Gasteiger partial charge on any atom is 0.326 e. The highest BCUT2D eigenvalue weighted by molar-refractivity contribution is 5.95. The fourth-order valence-electron chi connectivity index (χ4n) is 4.45. The summed E-state index contributed by atoms with van der Waals surface area (Å²) in [7, 11) is 0. The Morgan fingerprint density at radius 3 is 2.12 bits per heavy atom. The van der Waals surface area contributed by atoms with E-state index in [9.17, 15) is 29.4 Å². The SMILES string of the molecule is NCCCCC(NC(=O)C(Cc1c[nH]c2ccccc12)NC(=O)C(N)CO)C(=O)NC(Cc1ccccc1)C(=O)O. The smallest absolute Gasteiger partial charge is 0.326 e. The van der Waals surface area contributed by atoms with Crippen LogP contribution in [-0.4, -0.2) is 76.2 Å². The Balaban J connectivity index is 1.81. The lowest BCUT2D eigenvalue weighted by atomic mass is 10.0. The van der Waals surface area contributed by atoms with Crippen LogP contribution in [0.15, 0.2) is 60.8 Å². The number of hydrogen-bond donors (Lipinski definition) is 8. The maximum atomic E-state index is 13.5. The summed E-state index contributed by atoms with van der Waals surface area (Å²) in [5.41, 5.74) is 13.6. The number of nitrogens with two attached hydrogens (primary N) is 2. The van der Waals surface area contributed by atoms with Gasteiger partial charge in [-0.05, 0) is 43.0 Å². The normalized spacial score (nSPS) is 14.0. The Bertz CT molecular complexity index is 1310. The van der Waals surface area contributed by atoms with Crippen LogP contribution in [0.25, 0.3) is 10.9 Å². The largest absolute Gasteiger partial charge is 0.480 e. The molecule has 0 fully saturated rings. The summed E-state index contributed by atoms with van der Waals surface area (Å²) in [6.07, 6.45) is 3.16. The number of benzene rings is 2. The molecule has 0 radical (unpaired) electrons. The number of H-pyrrole nitrogens is 1. The minimum absolute atomic E-state index is 0.0592. The molecule has 0 bridgehead atoms. The van der Waals surface area contributed by atoms with E-state index in [2.05, 4.69) is 20.9 Å². The Hall–Kier alpha value is -4.26. The van der Waals surface area contributed by atoms with Gasteiger partial charge in [-0.1, -0.05) is 48.5 Å². The Kier molecular flexibility index (Phi) is 11.8. The number of carboxylic acids is 1. The average Bonchev–Trinajstić information content (AvgIpc) is 3.38. The molecule has 1 heterocycles. The summed E-state index contributed by atoms with van der Waals surface area (Å²) < 4.78 is 0. The van der Waals surface area contributed by atoms with Crippen LogP contribution in [0.5, 0.6) is 0 Å². The van der Waals surface area contributed by atoms with E-state index in [0.717, 1.165) is 22.0 Å². The highest BCUT2D eigenvalue weighted by Gasteiger charge is 2.30.